The maximum absolute atomic E-state index is 12.3. The Hall–Kier alpha value is -0.370. The molecule has 1 aliphatic heterocycles. The maximum Gasteiger partial charge on any atom is 0.167 e. The topological polar surface area (TPSA) is 26.3 Å². The molecule has 2 rings (SSSR count). The zero-order chi connectivity index (χ0) is 10.7. The molecule has 0 bridgehead atoms. The number of rotatable bonds is 2. The minimum atomic E-state index is -0.436. The SMILES string of the molecule is CC1(C(=O)C2CCCCCC2)CCCO1. The Morgan fingerprint density at radius 2 is 1.80 bits per heavy atom. The van der Waals surface area contributed by atoms with Crippen LogP contribution in [0, 0.1) is 5.92 Å². The minimum absolute atomic E-state index is 0.288. The van der Waals surface area contributed by atoms with Crippen LogP contribution in [0.15, 0.2) is 0 Å². The molecule has 1 aliphatic carbocycles. The van der Waals surface area contributed by atoms with Crippen molar-refractivity contribution in [3.8, 4) is 0 Å². The van der Waals surface area contributed by atoms with Crippen LogP contribution in [0.4, 0.5) is 0 Å². The van der Waals surface area contributed by atoms with Crippen LogP contribution in [-0.2, 0) is 9.53 Å². The maximum atomic E-state index is 12.3. The number of carbonyl (C=O) groups excluding carboxylic acids is 1. The van der Waals surface area contributed by atoms with E-state index in [1.54, 1.807) is 0 Å². The van der Waals surface area contributed by atoms with Crippen molar-refractivity contribution in [2.45, 2.75) is 63.9 Å². The van der Waals surface area contributed by atoms with Gasteiger partial charge in [0.05, 0.1) is 0 Å². The van der Waals surface area contributed by atoms with Crippen LogP contribution in [0.2, 0.25) is 0 Å². The summed E-state index contributed by atoms with van der Waals surface area (Å²) in [4.78, 5) is 12.3. The van der Waals surface area contributed by atoms with Crippen molar-refractivity contribution in [3.05, 3.63) is 0 Å². The Labute approximate surface area is 92.4 Å². The third-order valence-corrected chi connectivity index (χ3v) is 3.97. The summed E-state index contributed by atoms with van der Waals surface area (Å²) in [5.74, 6) is 0.678. The second-order valence-corrected chi connectivity index (χ2v) is 5.24. The molecule has 0 amide bonds. The Morgan fingerprint density at radius 3 is 2.33 bits per heavy atom. The zero-order valence-corrected chi connectivity index (χ0v) is 9.76. The van der Waals surface area contributed by atoms with Gasteiger partial charge in [0.15, 0.2) is 5.78 Å². The van der Waals surface area contributed by atoms with Gasteiger partial charge >= 0.3 is 0 Å². The lowest BCUT2D eigenvalue weighted by molar-refractivity contribution is -0.141. The largest absolute Gasteiger partial charge is 0.367 e. The van der Waals surface area contributed by atoms with Crippen LogP contribution in [0.25, 0.3) is 0 Å². The van der Waals surface area contributed by atoms with Crippen LogP contribution < -0.4 is 0 Å². The van der Waals surface area contributed by atoms with E-state index in [4.69, 9.17) is 4.74 Å². The first-order valence-corrected chi connectivity index (χ1v) is 6.41. The van der Waals surface area contributed by atoms with Crippen molar-refractivity contribution in [2.24, 2.45) is 5.92 Å². The van der Waals surface area contributed by atoms with Crippen LogP contribution in [0.3, 0.4) is 0 Å². The van der Waals surface area contributed by atoms with Gasteiger partial charge in [0, 0.05) is 12.5 Å². The molecule has 2 heteroatoms. The summed E-state index contributed by atoms with van der Waals surface area (Å²) < 4.78 is 5.65. The molecule has 2 fully saturated rings. The summed E-state index contributed by atoms with van der Waals surface area (Å²) >= 11 is 0. The van der Waals surface area contributed by atoms with Crippen molar-refractivity contribution < 1.29 is 9.53 Å². The van der Waals surface area contributed by atoms with E-state index in [1.165, 1.54) is 25.7 Å². The summed E-state index contributed by atoms with van der Waals surface area (Å²) in [7, 11) is 0. The molecule has 1 unspecified atom stereocenters. The van der Waals surface area contributed by atoms with Gasteiger partial charge in [0.25, 0.3) is 0 Å². The molecule has 2 nitrogen and oxygen atoms in total. The summed E-state index contributed by atoms with van der Waals surface area (Å²) in [6.45, 7) is 2.77. The third kappa shape index (κ3) is 2.41. The quantitative estimate of drug-likeness (QED) is 0.655. The summed E-state index contributed by atoms with van der Waals surface area (Å²) in [6.07, 6.45) is 9.24. The van der Waals surface area contributed by atoms with Gasteiger partial charge in [-0.1, -0.05) is 25.7 Å². The molecule has 86 valence electrons. The number of ether oxygens (including phenoxy) is 1. The number of carbonyl (C=O) groups is 1. The van der Waals surface area contributed by atoms with E-state index in [0.717, 1.165) is 32.3 Å². The highest BCUT2D eigenvalue weighted by Crippen LogP contribution is 2.33. The fourth-order valence-electron chi connectivity index (χ4n) is 2.95. The third-order valence-electron chi connectivity index (χ3n) is 3.97. The lowest BCUT2D eigenvalue weighted by Crippen LogP contribution is -2.39. The molecular weight excluding hydrogens is 188 g/mol. The molecule has 0 aromatic heterocycles. The van der Waals surface area contributed by atoms with Crippen LogP contribution in [0.1, 0.15) is 58.3 Å². The highest BCUT2D eigenvalue weighted by molar-refractivity contribution is 5.89. The molecule has 1 saturated heterocycles. The fourth-order valence-corrected chi connectivity index (χ4v) is 2.95. The number of Topliss-reactive ketones (excluding diaryl/α,β-unsaturated/α-hetero) is 1. The molecule has 0 spiro atoms. The van der Waals surface area contributed by atoms with Gasteiger partial charge in [0.2, 0.25) is 0 Å². The molecule has 2 aliphatic rings. The lowest BCUT2D eigenvalue weighted by Gasteiger charge is -2.26. The molecule has 0 N–H and O–H groups in total. The first-order valence-electron chi connectivity index (χ1n) is 6.41. The van der Waals surface area contributed by atoms with E-state index >= 15 is 0 Å². The second-order valence-electron chi connectivity index (χ2n) is 5.24. The molecule has 0 aromatic rings. The van der Waals surface area contributed by atoms with E-state index in [2.05, 4.69) is 0 Å². The van der Waals surface area contributed by atoms with Crippen LogP contribution >= 0.6 is 0 Å². The molecule has 1 saturated carbocycles. The fraction of sp³-hybridized carbons (Fsp3) is 0.923. The van der Waals surface area contributed by atoms with Crippen molar-refractivity contribution in [2.75, 3.05) is 6.61 Å². The normalized spacial score (nSPS) is 33.9. The average Bonchev–Trinajstić information content (AvgIpc) is 2.54. The van der Waals surface area contributed by atoms with Crippen molar-refractivity contribution in [1.82, 2.24) is 0 Å². The molecule has 1 heterocycles. The highest BCUT2D eigenvalue weighted by atomic mass is 16.5. The van der Waals surface area contributed by atoms with E-state index in [0.29, 0.717) is 5.78 Å². The molecule has 15 heavy (non-hydrogen) atoms. The Bertz CT molecular complexity index is 221. The number of ketones is 1. The van der Waals surface area contributed by atoms with Crippen LogP contribution in [-0.4, -0.2) is 18.0 Å². The molecule has 1 atom stereocenters. The molecule has 0 aromatic carbocycles. The van der Waals surface area contributed by atoms with Gasteiger partial charge in [-0.25, -0.2) is 0 Å². The minimum Gasteiger partial charge on any atom is -0.367 e. The van der Waals surface area contributed by atoms with Gasteiger partial charge in [0.1, 0.15) is 5.60 Å². The van der Waals surface area contributed by atoms with Gasteiger partial charge in [-0.05, 0) is 32.6 Å². The Kier molecular flexibility index (Phi) is 3.45. The standard InChI is InChI=1S/C13H22O2/c1-13(9-6-10-15-13)12(14)11-7-4-2-3-5-8-11/h11H,2-10H2,1H3. The Morgan fingerprint density at radius 1 is 1.13 bits per heavy atom. The zero-order valence-electron chi connectivity index (χ0n) is 9.76. The first-order chi connectivity index (χ1) is 7.22. The van der Waals surface area contributed by atoms with Gasteiger partial charge < -0.3 is 4.74 Å². The lowest BCUT2D eigenvalue weighted by atomic mass is 9.84. The predicted octanol–water partition coefficient (Wildman–Crippen LogP) is 3.10. The first kappa shape index (κ1) is 11.1. The smallest absolute Gasteiger partial charge is 0.167 e. The Balaban J connectivity index is 1.98. The van der Waals surface area contributed by atoms with E-state index in [9.17, 15) is 4.79 Å². The highest BCUT2D eigenvalue weighted by Gasteiger charge is 2.40. The van der Waals surface area contributed by atoms with Crippen molar-refractivity contribution in [1.29, 1.82) is 0 Å². The van der Waals surface area contributed by atoms with Crippen molar-refractivity contribution >= 4 is 5.78 Å². The summed E-state index contributed by atoms with van der Waals surface area (Å²) in [6, 6.07) is 0. The van der Waals surface area contributed by atoms with Gasteiger partial charge in [-0.15, -0.1) is 0 Å². The van der Waals surface area contributed by atoms with E-state index in [1.807, 2.05) is 6.92 Å². The average molecular weight is 210 g/mol. The van der Waals surface area contributed by atoms with E-state index < -0.39 is 5.60 Å². The number of hydrogen-bond acceptors (Lipinski definition) is 2. The predicted molar refractivity (Wildman–Crippen MR) is 59.8 cm³/mol. The van der Waals surface area contributed by atoms with E-state index in [-0.39, 0.29) is 5.92 Å². The van der Waals surface area contributed by atoms with Gasteiger partial charge in [-0.3, -0.25) is 4.79 Å². The van der Waals surface area contributed by atoms with Crippen molar-refractivity contribution in [3.63, 3.8) is 0 Å². The second kappa shape index (κ2) is 4.65. The van der Waals surface area contributed by atoms with Crippen LogP contribution in [0.5, 0.6) is 0 Å². The van der Waals surface area contributed by atoms with Gasteiger partial charge in [-0.2, -0.15) is 0 Å². The molecular formula is C13H22O2. The summed E-state index contributed by atoms with van der Waals surface area (Å²) in [5, 5.41) is 0. The summed E-state index contributed by atoms with van der Waals surface area (Å²) in [5.41, 5.74) is -0.436. The number of hydrogen-bond donors (Lipinski definition) is 0. The molecule has 0 radical (unpaired) electrons. The monoisotopic (exact) mass is 210 g/mol.